The Bertz CT molecular complexity index is 575. The zero-order chi connectivity index (χ0) is 15.1. The molecule has 1 N–H and O–H groups in total. The minimum Gasteiger partial charge on any atom is -0.462 e. The van der Waals surface area contributed by atoms with Crippen molar-refractivity contribution in [2.75, 3.05) is 11.9 Å². The van der Waals surface area contributed by atoms with Gasteiger partial charge in [-0.05, 0) is 43.7 Å². The van der Waals surface area contributed by atoms with Crippen molar-refractivity contribution < 1.29 is 9.53 Å². The first kappa shape index (κ1) is 15.1. The van der Waals surface area contributed by atoms with Gasteiger partial charge in [0.15, 0.2) is 0 Å². The second kappa shape index (κ2) is 7.47. The Labute approximate surface area is 124 Å². The van der Waals surface area contributed by atoms with Gasteiger partial charge in [0.05, 0.1) is 24.4 Å². The van der Waals surface area contributed by atoms with Crippen LogP contribution in [0.25, 0.3) is 0 Å². The largest absolute Gasteiger partial charge is 0.462 e. The van der Waals surface area contributed by atoms with Crippen LogP contribution in [0, 0.1) is 0 Å². The summed E-state index contributed by atoms with van der Waals surface area (Å²) in [5, 5.41) is 7.62. The van der Waals surface area contributed by atoms with E-state index in [1.807, 2.05) is 29.1 Å². The molecule has 0 unspecified atom stereocenters. The van der Waals surface area contributed by atoms with Crippen LogP contribution in [0.15, 0.2) is 36.5 Å². The van der Waals surface area contributed by atoms with Gasteiger partial charge < -0.3 is 10.1 Å². The van der Waals surface area contributed by atoms with E-state index in [0.717, 1.165) is 24.3 Å². The molecule has 1 aromatic carbocycles. The molecule has 0 spiro atoms. The van der Waals surface area contributed by atoms with Gasteiger partial charge in [0.1, 0.15) is 0 Å². The van der Waals surface area contributed by atoms with Crippen LogP contribution >= 0.6 is 0 Å². The summed E-state index contributed by atoms with van der Waals surface area (Å²) in [6.45, 7) is 5.95. The molecule has 1 heterocycles. The lowest BCUT2D eigenvalue weighted by Gasteiger charge is -2.09. The van der Waals surface area contributed by atoms with Crippen molar-refractivity contribution in [2.45, 2.75) is 33.4 Å². The van der Waals surface area contributed by atoms with E-state index >= 15 is 0 Å². The number of carbonyl (C=O) groups is 1. The van der Waals surface area contributed by atoms with E-state index in [2.05, 4.69) is 17.3 Å². The molecule has 2 rings (SSSR count). The lowest BCUT2D eigenvalue weighted by Crippen LogP contribution is -2.09. The van der Waals surface area contributed by atoms with Gasteiger partial charge in [0.2, 0.25) is 0 Å². The Hall–Kier alpha value is -2.30. The van der Waals surface area contributed by atoms with Crippen LogP contribution < -0.4 is 5.32 Å². The topological polar surface area (TPSA) is 56.2 Å². The lowest BCUT2D eigenvalue weighted by molar-refractivity contribution is 0.0526. The van der Waals surface area contributed by atoms with Crippen LogP contribution in [0.1, 0.15) is 36.3 Å². The molecule has 0 radical (unpaired) electrons. The highest BCUT2D eigenvalue weighted by Gasteiger charge is 2.06. The Morgan fingerprint density at radius 2 is 2.00 bits per heavy atom. The minimum atomic E-state index is -0.287. The Balaban J connectivity index is 1.94. The second-order valence-electron chi connectivity index (χ2n) is 4.70. The molecule has 21 heavy (non-hydrogen) atoms. The average Bonchev–Trinajstić information content (AvgIpc) is 2.94. The maximum Gasteiger partial charge on any atom is 0.338 e. The summed E-state index contributed by atoms with van der Waals surface area (Å²) in [4.78, 5) is 11.6. The van der Waals surface area contributed by atoms with Crippen molar-refractivity contribution in [2.24, 2.45) is 0 Å². The molecule has 112 valence electrons. The van der Waals surface area contributed by atoms with Crippen molar-refractivity contribution in [1.82, 2.24) is 9.78 Å². The van der Waals surface area contributed by atoms with E-state index in [9.17, 15) is 4.79 Å². The molecule has 0 saturated heterocycles. The summed E-state index contributed by atoms with van der Waals surface area (Å²) < 4.78 is 6.96. The summed E-state index contributed by atoms with van der Waals surface area (Å²) in [5.74, 6) is -0.287. The van der Waals surface area contributed by atoms with Gasteiger partial charge >= 0.3 is 5.97 Å². The van der Waals surface area contributed by atoms with Crippen LogP contribution in [0.3, 0.4) is 0 Å². The van der Waals surface area contributed by atoms with Gasteiger partial charge in [0, 0.05) is 18.4 Å². The lowest BCUT2D eigenvalue weighted by atomic mass is 10.2. The molecule has 5 heteroatoms. The fourth-order valence-corrected chi connectivity index (χ4v) is 2.05. The number of nitrogens with one attached hydrogen (secondary N) is 1. The fourth-order valence-electron chi connectivity index (χ4n) is 2.05. The first-order valence-corrected chi connectivity index (χ1v) is 7.26. The second-order valence-corrected chi connectivity index (χ2v) is 4.70. The maximum absolute atomic E-state index is 11.6. The van der Waals surface area contributed by atoms with E-state index in [1.165, 1.54) is 0 Å². The molecule has 0 aliphatic heterocycles. The number of hydrogen-bond acceptors (Lipinski definition) is 4. The Morgan fingerprint density at radius 3 is 2.67 bits per heavy atom. The van der Waals surface area contributed by atoms with Crippen LogP contribution in [0.4, 0.5) is 5.69 Å². The van der Waals surface area contributed by atoms with Gasteiger partial charge in [0.25, 0.3) is 0 Å². The van der Waals surface area contributed by atoms with Crippen LogP contribution in [-0.2, 0) is 17.8 Å². The van der Waals surface area contributed by atoms with Gasteiger partial charge in [-0.2, -0.15) is 5.10 Å². The van der Waals surface area contributed by atoms with Crippen molar-refractivity contribution >= 4 is 11.7 Å². The molecule has 2 aromatic rings. The van der Waals surface area contributed by atoms with Gasteiger partial charge in [-0.15, -0.1) is 0 Å². The third-order valence-electron chi connectivity index (χ3n) is 3.11. The standard InChI is InChI=1S/C16H21N3O2/c1-3-11-19-15(9-10-18-19)12-17-14-7-5-13(6-8-14)16(20)21-4-2/h5-10,17H,3-4,11-12H2,1-2H3. The molecule has 0 aliphatic rings. The van der Waals surface area contributed by atoms with Gasteiger partial charge in [-0.25, -0.2) is 4.79 Å². The smallest absolute Gasteiger partial charge is 0.338 e. The third-order valence-corrected chi connectivity index (χ3v) is 3.11. The predicted octanol–water partition coefficient (Wildman–Crippen LogP) is 3.08. The number of benzene rings is 1. The monoisotopic (exact) mass is 287 g/mol. The number of hydrogen-bond donors (Lipinski definition) is 1. The third kappa shape index (κ3) is 4.08. The van der Waals surface area contributed by atoms with Gasteiger partial charge in [-0.1, -0.05) is 6.92 Å². The number of anilines is 1. The zero-order valence-corrected chi connectivity index (χ0v) is 12.5. The molecular weight excluding hydrogens is 266 g/mol. The minimum absolute atomic E-state index is 0.287. The predicted molar refractivity (Wildman–Crippen MR) is 82.2 cm³/mol. The number of esters is 1. The molecule has 0 aliphatic carbocycles. The molecule has 0 amide bonds. The highest BCUT2D eigenvalue weighted by atomic mass is 16.5. The van der Waals surface area contributed by atoms with E-state index in [4.69, 9.17) is 4.74 Å². The molecule has 1 aromatic heterocycles. The summed E-state index contributed by atoms with van der Waals surface area (Å²) in [7, 11) is 0. The number of carbonyl (C=O) groups excluding carboxylic acids is 1. The number of ether oxygens (including phenoxy) is 1. The zero-order valence-electron chi connectivity index (χ0n) is 12.5. The van der Waals surface area contributed by atoms with Crippen molar-refractivity contribution in [3.8, 4) is 0 Å². The van der Waals surface area contributed by atoms with E-state index in [1.54, 1.807) is 19.1 Å². The molecular formula is C16H21N3O2. The highest BCUT2D eigenvalue weighted by molar-refractivity contribution is 5.89. The van der Waals surface area contributed by atoms with E-state index in [0.29, 0.717) is 18.7 Å². The molecule has 0 atom stereocenters. The molecule has 5 nitrogen and oxygen atoms in total. The molecule has 0 bridgehead atoms. The number of nitrogens with zero attached hydrogens (tertiary/aromatic N) is 2. The summed E-state index contributed by atoms with van der Waals surface area (Å²) in [6, 6.07) is 9.31. The molecule has 0 saturated carbocycles. The SMILES string of the molecule is CCCn1nccc1CNc1ccc(C(=O)OCC)cc1. The Kier molecular flexibility index (Phi) is 5.37. The quantitative estimate of drug-likeness (QED) is 0.795. The fraction of sp³-hybridized carbons (Fsp3) is 0.375. The number of aryl methyl sites for hydroxylation is 1. The Morgan fingerprint density at radius 1 is 1.24 bits per heavy atom. The number of rotatable bonds is 7. The van der Waals surface area contributed by atoms with Crippen LogP contribution in [-0.4, -0.2) is 22.4 Å². The summed E-state index contributed by atoms with van der Waals surface area (Å²) in [5.41, 5.74) is 2.68. The molecule has 0 fully saturated rings. The highest BCUT2D eigenvalue weighted by Crippen LogP contribution is 2.12. The van der Waals surface area contributed by atoms with Crippen LogP contribution in [0.2, 0.25) is 0 Å². The first-order valence-electron chi connectivity index (χ1n) is 7.26. The maximum atomic E-state index is 11.6. The van der Waals surface area contributed by atoms with Crippen molar-refractivity contribution in [1.29, 1.82) is 0 Å². The van der Waals surface area contributed by atoms with E-state index < -0.39 is 0 Å². The van der Waals surface area contributed by atoms with Crippen LogP contribution in [0.5, 0.6) is 0 Å². The van der Waals surface area contributed by atoms with Crippen molar-refractivity contribution in [3.05, 3.63) is 47.8 Å². The first-order chi connectivity index (χ1) is 10.2. The summed E-state index contributed by atoms with van der Waals surface area (Å²) >= 11 is 0. The normalized spacial score (nSPS) is 10.4. The number of aromatic nitrogens is 2. The van der Waals surface area contributed by atoms with Gasteiger partial charge in [-0.3, -0.25) is 4.68 Å². The van der Waals surface area contributed by atoms with Crippen molar-refractivity contribution in [3.63, 3.8) is 0 Å². The van der Waals surface area contributed by atoms with E-state index in [-0.39, 0.29) is 5.97 Å². The summed E-state index contributed by atoms with van der Waals surface area (Å²) in [6.07, 6.45) is 2.87. The average molecular weight is 287 g/mol.